The van der Waals surface area contributed by atoms with Gasteiger partial charge >= 0.3 is 0 Å². The van der Waals surface area contributed by atoms with Crippen LogP contribution in [0.1, 0.15) is 106 Å². The van der Waals surface area contributed by atoms with E-state index in [0.717, 1.165) is 44.4 Å². The van der Waals surface area contributed by atoms with Crippen LogP contribution in [0.3, 0.4) is 0 Å². The second-order valence-electron chi connectivity index (χ2n) is 15.3. The van der Waals surface area contributed by atoms with Gasteiger partial charge in [-0.1, -0.05) is 116 Å². The molecule has 0 N–H and O–H groups in total. The Hall–Kier alpha value is -3.44. The molecule has 4 aromatic heterocycles. The van der Waals surface area contributed by atoms with Gasteiger partial charge in [-0.3, -0.25) is 0 Å². The summed E-state index contributed by atoms with van der Waals surface area (Å²) in [5.41, 5.74) is 8.60. The molecule has 1 radical (unpaired) electrons. The van der Waals surface area contributed by atoms with Gasteiger partial charge in [0, 0.05) is 47.7 Å². The fourth-order valence-electron chi connectivity index (χ4n) is 5.66. The summed E-state index contributed by atoms with van der Waals surface area (Å²) in [4.78, 5) is 13.8. The molecule has 0 saturated heterocycles. The summed E-state index contributed by atoms with van der Waals surface area (Å²) < 4.78 is 31.1. The van der Waals surface area contributed by atoms with Gasteiger partial charge in [0.15, 0.2) is 0 Å². The molecule has 0 fully saturated rings. The van der Waals surface area contributed by atoms with Crippen LogP contribution in [0.15, 0.2) is 77.5 Å². The quantitative estimate of drug-likeness (QED) is 0.124. The molecule has 6 rings (SSSR count). The smallest absolute Gasteiger partial charge is 0.216 e. The molecule has 2 aromatic carbocycles. The summed E-state index contributed by atoms with van der Waals surface area (Å²) in [5.74, 6) is -2.14. The Morgan fingerprint density at radius 3 is 2.12 bits per heavy atom. The number of pyridine rings is 3. The van der Waals surface area contributed by atoms with Crippen molar-refractivity contribution in [3.8, 4) is 22.5 Å². The van der Waals surface area contributed by atoms with Gasteiger partial charge in [0.05, 0.1) is 13.7 Å². The molecular weight excluding hydrogens is 795 g/mol. The Balaban J connectivity index is 0.000000230. The molecule has 6 heteroatoms. The van der Waals surface area contributed by atoms with E-state index in [1.165, 1.54) is 10.8 Å². The van der Waals surface area contributed by atoms with Crippen molar-refractivity contribution in [1.29, 1.82) is 0 Å². The molecule has 259 valence electrons. The number of furan rings is 1. The number of aromatic nitrogens is 3. The topological polar surface area (TPSA) is 51.8 Å². The van der Waals surface area contributed by atoms with E-state index in [-0.39, 0.29) is 25.5 Å². The normalized spacial score (nSPS) is 13.6. The second-order valence-corrected chi connectivity index (χ2v) is 20.3. The Bertz CT molecular complexity index is 2200. The average Bonchev–Trinajstić information content (AvgIpc) is 3.41. The number of rotatable bonds is 6. The SMILES string of the molecule is [2H]C(C)(C)c1cc(-c2[c-]ccc(C(C)(C)C)c2)ncc1[Si](C)(C)C.[2H]C(C)(C)c1ccnc(-c2[c-]ccc3c2oc2nc(C([2H])(C)C)ccc23)c1.[Ir]. The van der Waals surface area contributed by atoms with Crippen molar-refractivity contribution in [2.75, 3.05) is 0 Å². The van der Waals surface area contributed by atoms with Gasteiger partial charge in [-0.2, -0.15) is 0 Å². The molecule has 6 aromatic rings. The first-order valence-electron chi connectivity index (χ1n) is 18.2. The Kier molecular flexibility index (Phi) is 10.6. The molecular formula is C43H51IrN3OSi-2. The van der Waals surface area contributed by atoms with Crippen LogP contribution in [0.2, 0.25) is 19.6 Å². The Labute approximate surface area is 312 Å². The second kappa shape index (κ2) is 15.2. The molecule has 0 aliphatic carbocycles. The van der Waals surface area contributed by atoms with E-state index in [1.807, 2.05) is 76.4 Å². The minimum Gasteiger partial charge on any atom is -0.486 e. The number of fused-ring (bicyclic) bond motifs is 3. The summed E-state index contributed by atoms with van der Waals surface area (Å²) in [6.07, 6.45) is 3.72. The van der Waals surface area contributed by atoms with Gasteiger partial charge in [-0.05, 0) is 57.9 Å². The molecule has 0 aliphatic heterocycles. The van der Waals surface area contributed by atoms with E-state index in [4.69, 9.17) is 13.5 Å². The van der Waals surface area contributed by atoms with Crippen LogP contribution in [-0.4, -0.2) is 23.0 Å². The fourth-order valence-corrected chi connectivity index (χ4v) is 7.25. The van der Waals surface area contributed by atoms with Crippen molar-refractivity contribution in [2.45, 2.75) is 105 Å². The zero-order valence-electron chi connectivity index (χ0n) is 34.0. The first kappa shape index (κ1) is 34.0. The van der Waals surface area contributed by atoms with E-state index < -0.39 is 25.8 Å². The van der Waals surface area contributed by atoms with Crippen molar-refractivity contribution in [2.24, 2.45) is 0 Å². The van der Waals surface area contributed by atoms with E-state index in [9.17, 15) is 0 Å². The molecule has 0 unspecified atom stereocenters. The van der Waals surface area contributed by atoms with Crippen LogP contribution in [0, 0.1) is 12.1 Å². The first-order valence-corrected chi connectivity index (χ1v) is 20.2. The van der Waals surface area contributed by atoms with Gasteiger partial charge in [-0.25, -0.2) is 4.98 Å². The van der Waals surface area contributed by atoms with E-state index in [0.29, 0.717) is 17.0 Å². The molecule has 0 saturated carbocycles. The fraction of sp³-hybridized carbons (Fsp3) is 0.372. The Morgan fingerprint density at radius 2 is 1.49 bits per heavy atom. The molecule has 49 heavy (non-hydrogen) atoms. The number of benzene rings is 2. The van der Waals surface area contributed by atoms with Gasteiger partial charge < -0.3 is 14.4 Å². The average molecular weight is 849 g/mol. The largest absolute Gasteiger partial charge is 0.486 e. The summed E-state index contributed by atoms with van der Waals surface area (Å²) >= 11 is 0. The Morgan fingerprint density at radius 1 is 0.776 bits per heavy atom. The number of hydrogen-bond acceptors (Lipinski definition) is 4. The molecule has 4 nitrogen and oxygen atoms in total. The zero-order valence-corrected chi connectivity index (χ0v) is 34.4. The van der Waals surface area contributed by atoms with Gasteiger partial charge in [-0.15, -0.1) is 53.6 Å². The number of hydrogen-bond donors (Lipinski definition) is 0. The third-order valence-corrected chi connectivity index (χ3v) is 10.6. The van der Waals surface area contributed by atoms with Crippen LogP contribution in [-0.2, 0) is 25.5 Å². The predicted molar refractivity (Wildman–Crippen MR) is 206 cm³/mol. The van der Waals surface area contributed by atoms with E-state index >= 15 is 0 Å². The summed E-state index contributed by atoms with van der Waals surface area (Å²) in [5, 5.41) is 3.13. The molecule has 0 aliphatic rings. The third kappa shape index (κ3) is 8.66. The van der Waals surface area contributed by atoms with Crippen molar-refractivity contribution in [1.82, 2.24) is 15.0 Å². The maximum atomic E-state index is 8.58. The zero-order chi connectivity index (χ0) is 37.7. The minimum atomic E-state index is -1.55. The summed E-state index contributed by atoms with van der Waals surface area (Å²) in [6.45, 7) is 24.8. The van der Waals surface area contributed by atoms with Crippen LogP contribution in [0.5, 0.6) is 0 Å². The third-order valence-electron chi connectivity index (χ3n) is 8.60. The van der Waals surface area contributed by atoms with Crippen LogP contribution < -0.4 is 5.19 Å². The first-order chi connectivity index (χ1) is 23.4. The van der Waals surface area contributed by atoms with Crippen molar-refractivity contribution in [3.05, 3.63) is 108 Å². The van der Waals surface area contributed by atoms with Crippen LogP contribution in [0.25, 0.3) is 44.6 Å². The van der Waals surface area contributed by atoms with Gasteiger partial charge in [0.2, 0.25) is 5.71 Å². The van der Waals surface area contributed by atoms with E-state index in [1.54, 1.807) is 20.0 Å². The summed E-state index contributed by atoms with van der Waals surface area (Å²) in [7, 11) is -1.55. The van der Waals surface area contributed by atoms with Crippen molar-refractivity contribution < 1.29 is 28.6 Å². The van der Waals surface area contributed by atoms with E-state index in [2.05, 4.69) is 80.7 Å². The van der Waals surface area contributed by atoms with Crippen LogP contribution >= 0.6 is 0 Å². The molecule has 0 bridgehead atoms. The number of nitrogens with zero attached hydrogens (tertiary/aromatic N) is 3. The minimum absolute atomic E-state index is 0. The standard InChI is InChI=1S/C22H21N2O.C21H30NSi.Ir/c1-13(2)15-10-11-23-20(12-15)18-7-5-6-16-17-8-9-19(14(3)4)24-22(17)25-21(16)18;1-15(2)18-13-19(22-14-20(18)23(6,7)8)16-10-9-11-17(12-16)21(3,4)5;/h5-6,8-14H,1-4H3;9,11-15H,1-8H3;/q2*-1;/i13D,14D;15D;. The van der Waals surface area contributed by atoms with Gasteiger partial charge in [0.1, 0.15) is 0 Å². The molecule has 0 atom stereocenters. The summed E-state index contributed by atoms with van der Waals surface area (Å²) in [6, 6.07) is 26.4. The maximum Gasteiger partial charge on any atom is 0.216 e. The molecule has 0 spiro atoms. The molecule has 4 heterocycles. The molecule has 0 amide bonds. The van der Waals surface area contributed by atoms with Crippen LogP contribution in [0.4, 0.5) is 0 Å². The van der Waals surface area contributed by atoms with Crippen molar-refractivity contribution in [3.63, 3.8) is 0 Å². The van der Waals surface area contributed by atoms with Crippen molar-refractivity contribution >= 4 is 35.3 Å². The maximum absolute atomic E-state index is 8.58. The van der Waals surface area contributed by atoms with Gasteiger partial charge in [0.25, 0.3) is 0 Å². The monoisotopic (exact) mass is 849 g/mol. The predicted octanol–water partition coefficient (Wildman–Crippen LogP) is 11.6.